The molecule has 31 heavy (non-hydrogen) atoms. The number of carbonyl (C=O) groups excluding carboxylic acids is 1. The molecule has 5 fully saturated rings. The quantitative estimate of drug-likeness (QED) is 0.754. The second-order valence-corrected chi connectivity index (χ2v) is 10.9. The van der Waals surface area contributed by atoms with E-state index < -0.39 is 0 Å². The monoisotopic (exact) mass is 414 g/mol. The van der Waals surface area contributed by atoms with E-state index in [0.717, 1.165) is 44.8 Å². The Morgan fingerprint density at radius 2 is 1.77 bits per heavy atom. The molecule has 3 heteroatoms. The number of benzene rings is 2. The van der Waals surface area contributed by atoms with E-state index in [2.05, 4.69) is 70.9 Å². The van der Waals surface area contributed by atoms with E-state index in [0.29, 0.717) is 17.9 Å². The van der Waals surface area contributed by atoms with Crippen molar-refractivity contribution in [3.05, 3.63) is 71.8 Å². The summed E-state index contributed by atoms with van der Waals surface area (Å²) in [4.78, 5) is 16.3. The Labute approximate surface area is 186 Å². The fourth-order valence-electron chi connectivity index (χ4n) is 7.88. The molecule has 0 aromatic heterocycles. The molecule has 5 atom stereocenters. The third-order valence-electron chi connectivity index (χ3n) is 8.95. The van der Waals surface area contributed by atoms with Crippen molar-refractivity contribution < 1.29 is 4.79 Å². The van der Waals surface area contributed by atoms with Crippen molar-refractivity contribution in [2.24, 2.45) is 17.3 Å². The van der Waals surface area contributed by atoms with Crippen LogP contribution in [0.3, 0.4) is 0 Å². The zero-order chi connectivity index (χ0) is 20.9. The van der Waals surface area contributed by atoms with Gasteiger partial charge in [-0.25, -0.2) is 0 Å². The molecule has 0 spiro atoms. The number of nitrogens with zero attached hydrogens (tertiary/aromatic N) is 1. The molecule has 1 amide bonds. The lowest BCUT2D eigenvalue weighted by molar-refractivity contribution is -0.134. The van der Waals surface area contributed by atoms with E-state index in [9.17, 15) is 4.79 Å². The number of likely N-dealkylation sites (tertiary alicyclic amines) is 1. The number of rotatable bonds is 5. The third kappa shape index (κ3) is 3.33. The van der Waals surface area contributed by atoms with Gasteiger partial charge in [-0.15, -0.1) is 0 Å². The van der Waals surface area contributed by atoms with Gasteiger partial charge >= 0.3 is 0 Å². The van der Waals surface area contributed by atoms with Gasteiger partial charge in [0, 0.05) is 19.1 Å². The van der Waals surface area contributed by atoms with E-state index in [1.54, 1.807) is 0 Å². The average Bonchev–Trinajstić information content (AvgIpc) is 3.19. The maximum atomic E-state index is 13.8. The summed E-state index contributed by atoms with van der Waals surface area (Å²) in [6, 6.07) is 22.1. The first-order chi connectivity index (χ1) is 15.2. The fraction of sp³-hybridized carbons (Fsp3) is 0.536. The van der Waals surface area contributed by atoms with Crippen LogP contribution in [-0.2, 0) is 16.8 Å². The molecule has 4 unspecified atom stereocenters. The second kappa shape index (κ2) is 7.48. The number of carbonyl (C=O) groups is 1. The summed E-state index contributed by atoms with van der Waals surface area (Å²) in [5.41, 5.74) is 2.98. The van der Waals surface area contributed by atoms with Crippen molar-refractivity contribution in [3.8, 4) is 0 Å². The molecule has 4 saturated carbocycles. The van der Waals surface area contributed by atoms with Crippen LogP contribution >= 0.6 is 0 Å². The highest BCUT2D eigenvalue weighted by Gasteiger charge is 2.67. The highest BCUT2D eigenvalue weighted by atomic mass is 16.2. The Morgan fingerprint density at radius 1 is 1.00 bits per heavy atom. The zero-order valence-corrected chi connectivity index (χ0v) is 18.4. The van der Waals surface area contributed by atoms with Crippen LogP contribution in [0.1, 0.15) is 56.1 Å². The van der Waals surface area contributed by atoms with Crippen molar-refractivity contribution >= 4 is 5.91 Å². The predicted octanol–water partition coefficient (Wildman–Crippen LogP) is 4.92. The van der Waals surface area contributed by atoms with Crippen LogP contribution in [-0.4, -0.2) is 29.9 Å². The summed E-state index contributed by atoms with van der Waals surface area (Å²) in [7, 11) is 0. The van der Waals surface area contributed by atoms with Gasteiger partial charge in [0.25, 0.3) is 0 Å². The van der Waals surface area contributed by atoms with E-state index in [1.165, 1.54) is 36.8 Å². The minimum absolute atomic E-state index is 0.111. The molecule has 2 aromatic rings. The SMILES string of the molecule is O=C(N[C@@H]1CCCN(Cc2ccccc2)C1)C12CC3CC1CC(c1ccccc1)(C3)C2. The smallest absolute Gasteiger partial charge is 0.226 e. The van der Waals surface area contributed by atoms with Crippen molar-refractivity contribution in [3.63, 3.8) is 0 Å². The van der Waals surface area contributed by atoms with Gasteiger partial charge in [0.05, 0.1) is 5.41 Å². The average molecular weight is 415 g/mol. The molecule has 4 aliphatic carbocycles. The van der Waals surface area contributed by atoms with E-state index in [4.69, 9.17) is 0 Å². The lowest BCUT2D eigenvalue weighted by atomic mass is 9.63. The maximum Gasteiger partial charge on any atom is 0.226 e. The molecule has 1 aliphatic heterocycles. The van der Waals surface area contributed by atoms with Gasteiger partial charge < -0.3 is 5.32 Å². The third-order valence-corrected chi connectivity index (χ3v) is 8.95. The Balaban J connectivity index is 1.16. The number of piperidine rings is 1. The first-order valence-electron chi connectivity index (χ1n) is 12.3. The first-order valence-corrected chi connectivity index (χ1v) is 12.3. The first kappa shape index (κ1) is 19.5. The number of nitrogens with one attached hydrogen (secondary N) is 1. The maximum absolute atomic E-state index is 13.8. The van der Waals surface area contributed by atoms with Crippen LogP contribution in [0.25, 0.3) is 0 Å². The summed E-state index contributed by atoms with van der Waals surface area (Å²) in [6.45, 7) is 3.10. The minimum atomic E-state index is -0.111. The highest BCUT2D eigenvalue weighted by molar-refractivity contribution is 5.85. The molecule has 162 valence electrons. The van der Waals surface area contributed by atoms with Gasteiger partial charge in [0.2, 0.25) is 5.91 Å². The van der Waals surface area contributed by atoms with Gasteiger partial charge in [-0.1, -0.05) is 60.7 Å². The topological polar surface area (TPSA) is 32.3 Å². The molecule has 3 nitrogen and oxygen atoms in total. The summed E-state index contributed by atoms with van der Waals surface area (Å²) in [5.74, 6) is 1.69. The molecule has 0 radical (unpaired) electrons. The van der Waals surface area contributed by atoms with Crippen molar-refractivity contribution in [2.75, 3.05) is 13.1 Å². The predicted molar refractivity (Wildman–Crippen MR) is 124 cm³/mol. The second-order valence-electron chi connectivity index (χ2n) is 10.9. The molecule has 1 N–H and O–H groups in total. The number of hydrogen-bond donors (Lipinski definition) is 1. The van der Waals surface area contributed by atoms with Crippen molar-refractivity contribution in [2.45, 2.75) is 62.9 Å². The summed E-state index contributed by atoms with van der Waals surface area (Å²) < 4.78 is 0. The van der Waals surface area contributed by atoms with Crippen LogP contribution in [0.5, 0.6) is 0 Å². The lowest BCUT2D eigenvalue weighted by Crippen LogP contribution is -2.52. The fourth-order valence-corrected chi connectivity index (χ4v) is 7.88. The highest BCUT2D eigenvalue weighted by Crippen LogP contribution is 2.70. The van der Waals surface area contributed by atoms with Gasteiger partial charge in [-0.05, 0) is 79.9 Å². The van der Waals surface area contributed by atoms with Gasteiger partial charge in [-0.2, -0.15) is 0 Å². The molecular weight excluding hydrogens is 380 g/mol. The zero-order valence-electron chi connectivity index (χ0n) is 18.4. The standard InChI is InChI=1S/C28H34N2O/c31-26(29-25-12-7-13-30(19-25)18-21-8-3-1-4-9-21)28-16-22-14-24(28)17-27(15-22,20-28)23-10-5-2-6-11-23/h1-6,8-11,22,24-25H,7,12-20H2,(H,29,31)/t22?,24?,25-,27?,28?/m1/s1. The van der Waals surface area contributed by atoms with Crippen LogP contribution in [0.4, 0.5) is 0 Å². The van der Waals surface area contributed by atoms with Crippen LogP contribution in [0.15, 0.2) is 60.7 Å². The normalized spacial score (nSPS) is 36.6. The Bertz CT molecular complexity index is 944. The Morgan fingerprint density at radius 3 is 2.58 bits per heavy atom. The van der Waals surface area contributed by atoms with Crippen molar-refractivity contribution in [1.29, 1.82) is 0 Å². The number of amides is 1. The molecule has 1 saturated heterocycles. The molecule has 7 rings (SSSR count). The molecule has 1 heterocycles. The van der Waals surface area contributed by atoms with Crippen LogP contribution in [0, 0.1) is 17.3 Å². The van der Waals surface area contributed by atoms with Crippen LogP contribution < -0.4 is 5.32 Å². The van der Waals surface area contributed by atoms with Gasteiger partial charge in [-0.3, -0.25) is 9.69 Å². The Hall–Kier alpha value is -2.13. The lowest BCUT2D eigenvalue weighted by Gasteiger charge is -2.41. The molecular formula is C28H34N2O. The van der Waals surface area contributed by atoms with E-state index >= 15 is 0 Å². The van der Waals surface area contributed by atoms with Gasteiger partial charge in [0.1, 0.15) is 0 Å². The van der Waals surface area contributed by atoms with E-state index in [1.807, 2.05) is 0 Å². The van der Waals surface area contributed by atoms with Crippen molar-refractivity contribution in [1.82, 2.24) is 10.2 Å². The van der Waals surface area contributed by atoms with Gasteiger partial charge in [0.15, 0.2) is 0 Å². The van der Waals surface area contributed by atoms with Crippen LogP contribution in [0.2, 0.25) is 0 Å². The summed E-state index contributed by atoms with van der Waals surface area (Å²) in [6.07, 6.45) is 8.25. The molecule has 4 bridgehead atoms. The number of hydrogen-bond acceptors (Lipinski definition) is 2. The minimum Gasteiger partial charge on any atom is -0.352 e. The molecule has 2 aromatic carbocycles. The largest absolute Gasteiger partial charge is 0.352 e. The van der Waals surface area contributed by atoms with E-state index in [-0.39, 0.29) is 10.8 Å². The Kier molecular flexibility index (Phi) is 4.72. The molecule has 5 aliphatic rings. The summed E-state index contributed by atoms with van der Waals surface area (Å²) in [5, 5.41) is 3.57. The summed E-state index contributed by atoms with van der Waals surface area (Å²) >= 11 is 0.